The minimum atomic E-state index is -1.08. The van der Waals surface area contributed by atoms with Gasteiger partial charge in [-0.1, -0.05) is 34.1 Å². The van der Waals surface area contributed by atoms with Gasteiger partial charge in [0.15, 0.2) is 0 Å². The number of benzene rings is 1. The normalized spacial score (nSPS) is 39.0. The molecule has 22 heavy (non-hydrogen) atoms. The second kappa shape index (κ2) is 4.28. The maximum absolute atomic E-state index is 12.9. The average Bonchev–Trinajstić information content (AvgIpc) is 3.05. The zero-order chi connectivity index (χ0) is 15.7. The molecule has 0 aliphatic carbocycles. The van der Waals surface area contributed by atoms with Crippen LogP contribution in [0.1, 0.15) is 6.92 Å². The van der Waals surface area contributed by atoms with Crippen LogP contribution in [0.5, 0.6) is 0 Å². The summed E-state index contributed by atoms with van der Waals surface area (Å²) < 4.78 is 6.67. The number of carbonyl (C=O) groups excluding carboxylic acids is 2. The third-order valence-electron chi connectivity index (χ3n) is 4.87. The summed E-state index contributed by atoms with van der Waals surface area (Å²) in [6.07, 6.45) is 3.52. The predicted molar refractivity (Wildman–Crippen MR) is 82.1 cm³/mol. The van der Waals surface area contributed by atoms with Crippen LogP contribution < -0.4 is 4.90 Å². The van der Waals surface area contributed by atoms with Gasteiger partial charge < -0.3 is 9.84 Å². The topological polar surface area (TPSA) is 66.8 Å². The molecule has 3 aliphatic heterocycles. The molecule has 1 aromatic carbocycles. The Bertz CT molecular complexity index is 733. The molecule has 1 aromatic rings. The molecule has 4 atom stereocenters. The number of amides is 2. The average molecular weight is 364 g/mol. The molecule has 6 heteroatoms. The molecule has 0 spiro atoms. The summed E-state index contributed by atoms with van der Waals surface area (Å²) >= 11 is 3.35. The Kier molecular flexibility index (Phi) is 2.74. The minimum absolute atomic E-state index is 0.268. The molecular formula is C16H14BrNO4. The Hall–Kier alpha value is -1.50. The molecule has 3 heterocycles. The summed E-state index contributed by atoms with van der Waals surface area (Å²) in [5, 5.41) is 9.74. The number of nitrogens with zero attached hydrogens (tertiary/aromatic N) is 1. The van der Waals surface area contributed by atoms with Crippen LogP contribution >= 0.6 is 15.9 Å². The monoisotopic (exact) mass is 363 g/mol. The van der Waals surface area contributed by atoms with Crippen LogP contribution in [-0.2, 0) is 14.3 Å². The van der Waals surface area contributed by atoms with Crippen molar-refractivity contribution in [1.82, 2.24) is 0 Å². The SMILES string of the molecule is C[C@]12C=C[C@@](CO)(O1)[C@@H]1C(=O)N(c3cccc(Br)c3)C(=O)[C@@H]12. The number of imide groups is 1. The number of anilines is 1. The van der Waals surface area contributed by atoms with Crippen LogP contribution in [0.15, 0.2) is 40.9 Å². The number of fused-ring (bicyclic) bond motifs is 5. The third-order valence-corrected chi connectivity index (χ3v) is 5.36. The quantitative estimate of drug-likeness (QED) is 0.640. The van der Waals surface area contributed by atoms with Gasteiger partial charge in [0.1, 0.15) is 5.60 Å². The van der Waals surface area contributed by atoms with Crippen LogP contribution in [0.3, 0.4) is 0 Å². The van der Waals surface area contributed by atoms with Gasteiger partial charge >= 0.3 is 0 Å². The zero-order valence-corrected chi connectivity index (χ0v) is 13.4. The lowest BCUT2D eigenvalue weighted by Crippen LogP contribution is -2.43. The van der Waals surface area contributed by atoms with Crippen LogP contribution in [0, 0.1) is 11.8 Å². The van der Waals surface area contributed by atoms with Crippen molar-refractivity contribution in [1.29, 1.82) is 0 Å². The first-order valence-corrected chi connectivity index (χ1v) is 7.86. The Morgan fingerprint density at radius 3 is 2.68 bits per heavy atom. The Morgan fingerprint density at radius 2 is 2.00 bits per heavy atom. The lowest BCUT2D eigenvalue weighted by atomic mass is 9.73. The van der Waals surface area contributed by atoms with Gasteiger partial charge in [-0.3, -0.25) is 9.59 Å². The van der Waals surface area contributed by atoms with Gasteiger partial charge in [-0.2, -0.15) is 0 Å². The van der Waals surface area contributed by atoms with Gasteiger partial charge in [-0.05, 0) is 25.1 Å². The summed E-state index contributed by atoms with van der Waals surface area (Å²) in [4.78, 5) is 26.9. The highest BCUT2D eigenvalue weighted by Gasteiger charge is 2.72. The van der Waals surface area contributed by atoms with E-state index in [1.165, 1.54) is 4.90 Å². The van der Waals surface area contributed by atoms with Gasteiger partial charge in [-0.25, -0.2) is 4.90 Å². The highest BCUT2D eigenvalue weighted by Crippen LogP contribution is 2.57. The van der Waals surface area contributed by atoms with Crippen LogP contribution in [0.25, 0.3) is 0 Å². The lowest BCUT2D eigenvalue weighted by molar-refractivity contribution is -0.131. The minimum Gasteiger partial charge on any atom is -0.393 e. The smallest absolute Gasteiger partial charge is 0.241 e. The molecule has 0 aromatic heterocycles. The molecular weight excluding hydrogens is 350 g/mol. The van der Waals surface area contributed by atoms with Crippen molar-refractivity contribution in [3.63, 3.8) is 0 Å². The first-order valence-electron chi connectivity index (χ1n) is 7.07. The Morgan fingerprint density at radius 1 is 1.27 bits per heavy atom. The number of hydrogen-bond acceptors (Lipinski definition) is 4. The second-order valence-corrected chi connectivity index (χ2v) is 7.10. The van der Waals surface area contributed by atoms with E-state index < -0.39 is 23.0 Å². The largest absolute Gasteiger partial charge is 0.393 e. The van der Waals surface area contributed by atoms with Crippen LogP contribution in [-0.4, -0.2) is 34.7 Å². The van der Waals surface area contributed by atoms with Crippen LogP contribution in [0.2, 0.25) is 0 Å². The number of ether oxygens (including phenoxy) is 1. The molecule has 114 valence electrons. The van der Waals surface area contributed by atoms with Crippen molar-refractivity contribution in [3.8, 4) is 0 Å². The van der Waals surface area contributed by atoms with Gasteiger partial charge in [0.05, 0.1) is 29.7 Å². The van der Waals surface area contributed by atoms with E-state index in [-0.39, 0.29) is 18.4 Å². The van der Waals surface area contributed by atoms with Gasteiger partial charge in [-0.15, -0.1) is 0 Å². The van der Waals surface area contributed by atoms with Crippen LogP contribution in [0.4, 0.5) is 5.69 Å². The maximum Gasteiger partial charge on any atom is 0.241 e. The number of rotatable bonds is 2. The summed E-state index contributed by atoms with van der Waals surface area (Å²) in [6.45, 7) is 1.48. The van der Waals surface area contributed by atoms with E-state index in [4.69, 9.17) is 4.74 Å². The molecule has 4 rings (SSSR count). The molecule has 0 unspecified atom stereocenters. The molecule has 5 nitrogen and oxygen atoms in total. The fourth-order valence-corrected chi connectivity index (χ4v) is 4.30. The van der Waals surface area contributed by atoms with E-state index >= 15 is 0 Å². The fourth-order valence-electron chi connectivity index (χ4n) is 3.91. The summed E-state index contributed by atoms with van der Waals surface area (Å²) in [5.41, 5.74) is -1.37. The third kappa shape index (κ3) is 1.55. The van der Waals surface area contributed by atoms with Crippen molar-refractivity contribution in [3.05, 3.63) is 40.9 Å². The zero-order valence-electron chi connectivity index (χ0n) is 11.8. The molecule has 0 saturated carbocycles. The summed E-state index contributed by atoms with van der Waals surface area (Å²) in [6, 6.07) is 7.08. The Balaban J connectivity index is 1.82. The van der Waals surface area contributed by atoms with E-state index in [0.29, 0.717) is 5.69 Å². The maximum atomic E-state index is 12.9. The number of hydrogen-bond donors (Lipinski definition) is 1. The van der Waals surface area contributed by atoms with Crippen molar-refractivity contribution in [2.45, 2.75) is 18.1 Å². The first kappa shape index (κ1) is 14.1. The number of carbonyl (C=O) groups is 2. The Labute approximate surface area is 135 Å². The molecule has 0 radical (unpaired) electrons. The molecule has 2 fully saturated rings. The van der Waals surface area contributed by atoms with E-state index in [0.717, 1.165) is 4.47 Å². The van der Waals surface area contributed by atoms with Crippen molar-refractivity contribution < 1.29 is 19.4 Å². The molecule has 2 bridgehead atoms. The summed E-state index contributed by atoms with van der Waals surface area (Å²) in [5.74, 6) is -1.83. The van der Waals surface area contributed by atoms with Crippen molar-refractivity contribution in [2.75, 3.05) is 11.5 Å². The van der Waals surface area contributed by atoms with Crippen molar-refractivity contribution >= 4 is 33.4 Å². The second-order valence-electron chi connectivity index (χ2n) is 6.18. The highest BCUT2D eigenvalue weighted by molar-refractivity contribution is 9.10. The predicted octanol–water partition coefficient (Wildman–Crippen LogP) is 1.64. The number of aliphatic hydroxyl groups is 1. The van der Waals surface area contributed by atoms with E-state index in [9.17, 15) is 14.7 Å². The van der Waals surface area contributed by atoms with Crippen molar-refractivity contribution in [2.24, 2.45) is 11.8 Å². The standard InChI is InChI=1S/C16H14BrNO4/c1-15-5-6-16(8-19,22-15)12-11(15)13(20)18(14(12)21)10-4-2-3-9(17)7-10/h2-7,11-12,19H,8H2,1H3/t11-,12+,15-,16+/m1/s1. The summed E-state index contributed by atoms with van der Waals surface area (Å²) in [7, 11) is 0. The lowest BCUT2D eigenvalue weighted by Gasteiger charge is -2.27. The number of aliphatic hydroxyl groups excluding tert-OH is 1. The number of halogens is 1. The molecule has 3 aliphatic rings. The van der Waals surface area contributed by atoms with E-state index in [1.807, 2.05) is 6.07 Å². The molecule has 2 amide bonds. The molecule has 1 N–H and O–H groups in total. The van der Waals surface area contributed by atoms with E-state index in [1.54, 1.807) is 37.3 Å². The van der Waals surface area contributed by atoms with E-state index in [2.05, 4.69) is 15.9 Å². The fraction of sp³-hybridized carbons (Fsp3) is 0.375. The molecule has 2 saturated heterocycles. The van der Waals surface area contributed by atoms with Gasteiger partial charge in [0.2, 0.25) is 11.8 Å². The first-order chi connectivity index (χ1) is 10.4. The van der Waals surface area contributed by atoms with Gasteiger partial charge in [0.25, 0.3) is 0 Å². The van der Waals surface area contributed by atoms with Gasteiger partial charge in [0, 0.05) is 4.47 Å². The highest BCUT2D eigenvalue weighted by atomic mass is 79.9.